The molecule has 0 aliphatic rings. The molecule has 0 radical (unpaired) electrons. The molecule has 0 fully saturated rings. The summed E-state index contributed by atoms with van der Waals surface area (Å²) in [5.41, 5.74) is -0.329. The van der Waals surface area contributed by atoms with Gasteiger partial charge in [-0.25, -0.2) is 18.7 Å². The van der Waals surface area contributed by atoms with Crippen LogP contribution in [0, 0.1) is 0 Å². The zero-order valence-electron chi connectivity index (χ0n) is 8.95. The maximum absolute atomic E-state index is 12.6. The third-order valence-electron chi connectivity index (χ3n) is 2.17. The minimum Gasteiger partial charge on any atom is -0.478 e. The molecule has 0 bridgehead atoms. The first-order valence-corrected chi connectivity index (χ1v) is 5.36. The van der Waals surface area contributed by atoms with Crippen LogP contribution in [0.1, 0.15) is 19.0 Å². The lowest BCUT2D eigenvalue weighted by atomic mass is 10.2. The van der Waals surface area contributed by atoms with Gasteiger partial charge in [-0.05, 0) is 19.1 Å². The molecule has 0 aliphatic heterocycles. The molecule has 2 rings (SSSR count). The van der Waals surface area contributed by atoms with Crippen molar-refractivity contribution in [1.29, 1.82) is 0 Å². The molecule has 0 atom stereocenters. The van der Waals surface area contributed by atoms with Crippen molar-refractivity contribution >= 4 is 22.4 Å². The van der Waals surface area contributed by atoms with Gasteiger partial charge < -0.3 is 4.74 Å². The van der Waals surface area contributed by atoms with Crippen LogP contribution in [0.3, 0.4) is 0 Å². The van der Waals surface area contributed by atoms with E-state index in [9.17, 15) is 8.78 Å². The maximum Gasteiger partial charge on any atom is 0.280 e. The summed E-state index contributed by atoms with van der Waals surface area (Å²) in [5, 5.41) is 1.38. The summed E-state index contributed by atoms with van der Waals surface area (Å²) in [4.78, 5) is 7.62. The van der Waals surface area contributed by atoms with Gasteiger partial charge in [0.25, 0.3) is 6.43 Å². The molecule has 0 amide bonds. The Balaban J connectivity index is 2.67. The van der Waals surface area contributed by atoms with Crippen LogP contribution < -0.4 is 4.74 Å². The molecule has 0 saturated carbocycles. The molecule has 0 N–H and O–H groups in total. The average molecular weight is 259 g/mol. The Kier molecular flexibility index (Phi) is 3.38. The van der Waals surface area contributed by atoms with Crippen molar-refractivity contribution in [2.75, 3.05) is 6.61 Å². The molecule has 0 saturated heterocycles. The summed E-state index contributed by atoms with van der Waals surface area (Å²) >= 11 is 5.75. The summed E-state index contributed by atoms with van der Waals surface area (Å²) in [6.45, 7) is 2.10. The molecule has 90 valence electrons. The highest BCUT2D eigenvalue weighted by molar-refractivity contribution is 6.30. The lowest BCUT2D eigenvalue weighted by Crippen LogP contribution is -1.99. The molecule has 0 spiro atoms. The van der Waals surface area contributed by atoms with Gasteiger partial charge in [-0.15, -0.1) is 0 Å². The number of alkyl halides is 2. The SMILES string of the molecule is CCOc1nc(C(F)F)cc2cnc(Cl)cc12. The maximum atomic E-state index is 12.6. The van der Waals surface area contributed by atoms with Gasteiger partial charge >= 0.3 is 0 Å². The van der Waals surface area contributed by atoms with Gasteiger partial charge in [0.1, 0.15) is 10.8 Å². The van der Waals surface area contributed by atoms with Crippen LogP contribution >= 0.6 is 11.6 Å². The number of fused-ring (bicyclic) bond motifs is 1. The molecule has 2 aromatic heterocycles. The van der Waals surface area contributed by atoms with E-state index in [-0.39, 0.29) is 16.7 Å². The van der Waals surface area contributed by atoms with Crippen molar-refractivity contribution in [2.45, 2.75) is 13.3 Å². The number of rotatable bonds is 3. The second-order valence-corrected chi connectivity index (χ2v) is 3.70. The molecule has 17 heavy (non-hydrogen) atoms. The van der Waals surface area contributed by atoms with E-state index in [0.717, 1.165) is 0 Å². The minimum absolute atomic E-state index is 0.157. The molecule has 0 aliphatic carbocycles. The summed E-state index contributed by atoms with van der Waals surface area (Å²) in [6.07, 6.45) is -1.22. The van der Waals surface area contributed by atoms with Crippen molar-refractivity contribution < 1.29 is 13.5 Å². The quantitative estimate of drug-likeness (QED) is 0.789. The number of aromatic nitrogens is 2. The number of nitrogens with zero attached hydrogens (tertiary/aromatic N) is 2. The van der Waals surface area contributed by atoms with Crippen molar-refractivity contribution in [2.24, 2.45) is 0 Å². The van der Waals surface area contributed by atoms with Crippen LogP contribution in [-0.4, -0.2) is 16.6 Å². The van der Waals surface area contributed by atoms with Crippen LogP contribution in [0.4, 0.5) is 8.78 Å². The summed E-state index contributed by atoms with van der Waals surface area (Å²) in [7, 11) is 0. The standard InChI is InChI=1S/C11H9ClF2N2O/c1-2-17-11-7-4-9(12)15-5-6(7)3-8(16-11)10(13)14/h3-5,10H,2H2,1H3. The predicted octanol–water partition coefficient (Wildman–Crippen LogP) is 3.62. The highest BCUT2D eigenvalue weighted by Crippen LogP contribution is 2.29. The van der Waals surface area contributed by atoms with E-state index in [2.05, 4.69) is 9.97 Å². The molecule has 0 unspecified atom stereocenters. The van der Waals surface area contributed by atoms with Gasteiger partial charge in [0, 0.05) is 17.0 Å². The molecule has 0 aromatic carbocycles. The molecular weight excluding hydrogens is 250 g/mol. The largest absolute Gasteiger partial charge is 0.478 e. The Hall–Kier alpha value is -1.49. The Morgan fingerprint density at radius 1 is 1.41 bits per heavy atom. The highest BCUT2D eigenvalue weighted by Gasteiger charge is 2.14. The van der Waals surface area contributed by atoms with Gasteiger partial charge in [0.15, 0.2) is 0 Å². The summed E-state index contributed by atoms with van der Waals surface area (Å²) in [6, 6.07) is 2.83. The number of hydrogen-bond donors (Lipinski definition) is 0. The smallest absolute Gasteiger partial charge is 0.280 e. The van der Waals surface area contributed by atoms with Gasteiger partial charge in [-0.1, -0.05) is 11.6 Å². The van der Waals surface area contributed by atoms with Gasteiger partial charge in [-0.2, -0.15) is 0 Å². The lowest BCUT2D eigenvalue weighted by Gasteiger charge is -2.09. The fourth-order valence-corrected chi connectivity index (χ4v) is 1.63. The number of halogens is 3. The second kappa shape index (κ2) is 4.79. The third kappa shape index (κ3) is 2.44. The van der Waals surface area contributed by atoms with E-state index >= 15 is 0 Å². The topological polar surface area (TPSA) is 35.0 Å². The lowest BCUT2D eigenvalue weighted by molar-refractivity contribution is 0.145. The van der Waals surface area contributed by atoms with Crippen molar-refractivity contribution in [3.8, 4) is 5.88 Å². The zero-order valence-corrected chi connectivity index (χ0v) is 9.71. The normalized spacial score (nSPS) is 11.1. The third-order valence-corrected chi connectivity index (χ3v) is 2.38. The van der Waals surface area contributed by atoms with Gasteiger partial charge in [0.05, 0.1) is 6.61 Å². The van der Waals surface area contributed by atoms with Crippen molar-refractivity contribution in [3.05, 3.63) is 29.2 Å². The Morgan fingerprint density at radius 3 is 2.82 bits per heavy atom. The van der Waals surface area contributed by atoms with E-state index in [1.165, 1.54) is 12.3 Å². The van der Waals surface area contributed by atoms with E-state index in [4.69, 9.17) is 16.3 Å². The van der Waals surface area contributed by atoms with Gasteiger partial charge in [-0.3, -0.25) is 0 Å². The zero-order chi connectivity index (χ0) is 12.4. The van der Waals surface area contributed by atoms with Crippen molar-refractivity contribution in [1.82, 2.24) is 9.97 Å². The van der Waals surface area contributed by atoms with Crippen LogP contribution in [0.5, 0.6) is 5.88 Å². The van der Waals surface area contributed by atoms with E-state index in [0.29, 0.717) is 17.4 Å². The number of pyridine rings is 2. The monoisotopic (exact) mass is 258 g/mol. The minimum atomic E-state index is -2.64. The fourth-order valence-electron chi connectivity index (χ4n) is 1.47. The van der Waals surface area contributed by atoms with Gasteiger partial charge in [0.2, 0.25) is 5.88 Å². The molecule has 6 heteroatoms. The molecular formula is C11H9ClF2N2O. The van der Waals surface area contributed by atoms with Crippen LogP contribution in [0.15, 0.2) is 18.3 Å². The van der Waals surface area contributed by atoms with Crippen molar-refractivity contribution in [3.63, 3.8) is 0 Å². The first-order valence-electron chi connectivity index (χ1n) is 4.99. The predicted molar refractivity (Wildman–Crippen MR) is 60.7 cm³/mol. The number of hydrogen-bond acceptors (Lipinski definition) is 3. The van der Waals surface area contributed by atoms with E-state index in [1.807, 2.05) is 0 Å². The summed E-state index contributed by atoms with van der Waals surface area (Å²) in [5.74, 6) is 0.157. The molecule has 3 nitrogen and oxygen atoms in total. The van der Waals surface area contributed by atoms with Crippen LogP contribution in [-0.2, 0) is 0 Å². The summed E-state index contributed by atoms with van der Waals surface area (Å²) < 4.78 is 30.5. The van der Waals surface area contributed by atoms with E-state index < -0.39 is 6.43 Å². The van der Waals surface area contributed by atoms with E-state index in [1.54, 1.807) is 13.0 Å². The molecule has 2 heterocycles. The Morgan fingerprint density at radius 2 is 2.18 bits per heavy atom. The Bertz CT molecular complexity index is 548. The van der Waals surface area contributed by atoms with Crippen LogP contribution in [0.2, 0.25) is 5.15 Å². The van der Waals surface area contributed by atoms with Crippen LogP contribution in [0.25, 0.3) is 10.8 Å². The first-order chi connectivity index (χ1) is 8.11. The highest BCUT2D eigenvalue weighted by atomic mass is 35.5. The number of ether oxygens (including phenoxy) is 1. The first kappa shape index (κ1) is 12.0. The fraction of sp³-hybridized carbons (Fsp3) is 0.273. The second-order valence-electron chi connectivity index (χ2n) is 3.31. The molecule has 2 aromatic rings. The Labute approximate surface area is 101 Å². The average Bonchev–Trinajstić information content (AvgIpc) is 2.29.